The van der Waals surface area contributed by atoms with Gasteiger partial charge < -0.3 is 39.6 Å². The summed E-state index contributed by atoms with van der Waals surface area (Å²) in [6, 6.07) is 0. The Labute approximate surface area is 290 Å². The average Bonchev–Trinajstić information content (AvgIpc) is 2.84. The molecule has 0 radical (unpaired) electrons. The molecule has 0 aliphatic carbocycles. The maximum absolute atomic E-state index is 10.4. The summed E-state index contributed by atoms with van der Waals surface area (Å²) in [4.78, 5) is 80.7. The second-order valence-electron chi connectivity index (χ2n) is 9.82. The number of hydrogen-bond acceptors (Lipinski definition) is 14. The second-order valence-corrected chi connectivity index (χ2v) is 10.6. The molecule has 0 saturated heterocycles. The van der Waals surface area contributed by atoms with Crippen molar-refractivity contribution < 1.29 is 66.4 Å². The molecule has 0 aromatic heterocycles. The van der Waals surface area contributed by atoms with Crippen LogP contribution < -0.4 is 20.4 Å². The molecule has 0 saturated carbocycles. The van der Waals surface area contributed by atoms with Gasteiger partial charge in [-0.05, 0) is 25.7 Å². The molecule has 14 nitrogen and oxygen atoms in total. The number of aliphatic carboxylic acids is 4. The van der Waals surface area contributed by atoms with E-state index >= 15 is 0 Å². The standard InChI is InChI=1S/4C6H10O3.2C3H7O.2Al/c4*1-2-3-5(7)4-6(8)9;2*1-3(2)4;;/h4*2-4H2,1H3,(H,8,9);2*3H,1-2H3;;/q;;;;2*-1;2*+3/p-4. The van der Waals surface area contributed by atoms with E-state index in [1.54, 1.807) is 0 Å². The summed E-state index contributed by atoms with van der Waals surface area (Å²) in [5, 5.41) is 39.0. The maximum atomic E-state index is 10.4. The van der Waals surface area contributed by atoms with Crippen molar-refractivity contribution in [2.45, 2.75) is 145 Å². The quantitative estimate of drug-likeness (QED) is 0.110. The molecule has 0 amide bonds. The smallest absolute Gasteiger partial charge is 0.550 e. The third-order valence-corrected chi connectivity index (χ3v) is 5.45. The minimum Gasteiger partial charge on any atom is -0.550 e. The first-order valence-corrected chi connectivity index (χ1v) is 15.7. The Balaban J connectivity index is -0.000000108. The van der Waals surface area contributed by atoms with Crippen LogP contribution >= 0.6 is 0 Å². The number of ketones is 4. The van der Waals surface area contributed by atoms with Crippen molar-refractivity contribution in [3.63, 3.8) is 0 Å². The third-order valence-electron chi connectivity index (χ3n) is 4.14. The van der Waals surface area contributed by atoms with E-state index in [4.69, 9.17) is 7.58 Å². The molecule has 0 unspecified atom stereocenters. The molecule has 0 aliphatic rings. The molecular weight excluding hydrogens is 638 g/mol. The minimum absolute atomic E-state index is 0. The number of carboxylic acid groups (broad SMARTS) is 4. The van der Waals surface area contributed by atoms with E-state index in [1.165, 1.54) is 0 Å². The summed E-state index contributed by atoms with van der Waals surface area (Å²) < 4.78 is 10.4. The first kappa shape index (κ1) is 55.9. The fourth-order valence-corrected chi connectivity index (χ4v) is 2.88. The number of carboxylic acids is 4. The molecule has 0 rings (SSSR count). The summed E-state index contributed by atoms with van der Waals surface area (Å²) in [7, 11) is 0. The predicted molar refractivity (Wildman–Crippen MR) is 162 cm³/mol. The van der Waals surface area contributed by atoms with Gasteiger partial charge in [-0.2, -0.15) is 0 Å². The van der Waals surface area contributed by atoms with Crippen molar-refractivity contribution >= 4 is 80.3 Å². The van der Waals surface area contributed by atoms with Gasteiger partial charge in [0.05, 0.1) is 0 Å². The largest absolute Gasteiger partial charge is 3.00 e. The number of rotatable bonds is 20. The van der Waals surface area contributed by atoms with Crippen LogP contribution in [-0.4, -0.2) is 92.5 Å². The molecule has 0 N–H and O–H groups in total. The molecular formula is C30H50Al2O14. The fraction of sp³-hybridized carbons (Fsp3) is 0.733. The van der Waals surface area contributed by atoms with Crippen LogP contribution in [0.5, 0.6) is 0 Å². The summed E-state index contributed by atoms with van der Waals surface area (Å²) in [6.45, 7) is 15.3. The van der Waals surface area contributed by atoms with E-state index in [2.05, 4.69) is 0 Å². The first-order valence-electron chi connectivity index (χ1n) is 14.8. The molecule has 0 aromatic rings. The fourth-order valence-electron chi connectivity index (χ4n) is 2.37. The summed E-state index contributed by atoms with van der Waals surface area (Å²) in [6.07, 6.45) is 3.03. The molecule has 0 fully saturated rings. The zero-order valence-corrected chi connectivity index (χ0v) is 30.8. The topological polar surface area (TPSA) is 247 Å². The number of carbonyl (C=O) groups is 8. The van der Waals surface area contributed by atoms with Crippen LogP contribution in [0.4, 0.5) is 0 Å². The Morgan fingerprint density at radius 1 is 0.457 bits per heavy atom. The Morgan fingerprint density at radius 3 is 0.739 bits per heavy atom. The van der Waals surface area contributed by atoms with Gasteiger partial charge in [-0.15, -0.1) is 0 Å². The van der Waals surface area contributed by atoms with Gasteiger partial charge >= 0.3 is 80.7 Å². The molecule has 0 aromatic carbocycles. The van der Waals surface area contributed by atoms with Gasteiger partial charge in [0, 0.05) is 75.2 Å². The number of carbonyl (C=O) groups excluding carboxylic acids is 8. The van der Waals surface area contributed by atoms with E-state index in [9.17, 15) is 58.8 Å². The second kappa shape index (κ2) is 40.6. The molecule has 16 heteroatoms. The van der Waals surface area contributed by atoms with E-state index in [-0.39, 0.29) is 56.4 Å². The van der Waals surface area contributed by atoms with Gasteiger partial charge in [0.25, 0.3) is 0 Å². The van der Waals surface area contributed by atoms with Crippen LogP contribution in [0.3, 0.4) is 0 Å². The Hall–Kier alpha value is -2.46. The number of hydrogen-bond donors (Lipinski definition) is 0. The SMILES string of the molecule is CC(C)[O][Al+][O]C(C)C.CCCC(=O)CC(=O)[O-].CCCC(=O)CC(=O)[O-].CCCC(=O)CC(=O)[O-].CCCC(=O)CC(=O)[O-].[Al+3]. The molecule has 0 spiro atoms. The van der Waals surface area contributed by atoms with Gasteiger partial charge in [-0.25, -0.2) is 0 Å². The molecule has 260 valence electrons. The molecule has 0 atom stereocenters. The van der Waals surface area contributed by atoms with Gasteiger partial charge in [-0.1, -0.05) is 27.7 Å². The van der Waals surface area contributed by atoms with E-state index in [0.717, 1.165) is 0 Å². The van der Waals surface area contributed by atoms with Crippen LogP contribution in [0.25, 0.3) is 0 Å². The van der Waals surface area contributed by atoms with Crippen LogP contribution in [0.2, 0.25) is 0 Å². The molecule has 0 bridgehead atoms. The van der Waals surface area contributed by atoms with Gasteiger partial charge in [0.1, 0.15) is 23.1 Å². The van der Waals surface area contributed by atoms with Gasteiger partial charge in [0.15, 0.2) is 0 Å². The third kappa shape index (κ3) is 68.6. The zero-order valence-electron chi connectivity index (χ0n) is 28.5. The van der Waals surface area contributed by atoms with Crippen molar-refractivity contribution in [2.75, 3.05) is 0 Å². The van der Waals surface area contributed by atoms with E-state index < -0.39 is 49.6 Å². The maximum Gasteiger partial charge on any atom is 3.00 e. The van der Waals surface area contributed by atoms with Gasteiger partial charge in [-0.3, -0.25) is 19.2 Å². The molecule has 0 aliphatic heterocycles. The van der Waals surface area contributed by atoms with Crippen LogP contribution in [0, 0.1) is 0 Å². The summed E-state index contributed by atoms with van der Waals surface area (Å²) in [5.41, 5.74) is 0. The van der Waals surface area contributed by atoms with Crippen LogP contribution in [0.1, 0.15) is 132 Å². The van der Waals surface area contributed by atoms with Crippen molar-refractivity contribution in [3.05, 3.63) is 0 Å². The van der Waals surface area contributed by atoms with Gasteiger partial charge in [0.2, 0.25) is 0 Å². The van der Waals surface area contributed by atoms with Crippen molar-refractivity contribution in [1.29, 1.82) is 0 Å². The van der Waals surface area contributed by atoms with Crippen molar-refractivity contribution in [1.82, 2.24) is 0 Å². The summed E-state index contributed by atoms with van der Waals surface area (Å²) in [5.74, 6) is -6.14. The van der Waals surface area contributed by atoms with E-state index in [1.807, 2.05) is 55.4 Å². The monoisotopic (exact) mass is 688 g/mol. The summed E-state index contributed by atoms with van der Waals surface area (Å²) >= 11 is -0.245. The molecule has 0 heterocycles. The van der Waals surface area contributed by atoms with E-state index in [0.29, 0.717) is 63.6 Å². The average molecular weight is 689 g/mol. The van der Waals surface area contributed by atoms with Crippen LogP contribution in [0.15, 0.2) is 0 Å². The Morgan fingerprint density at radius 2 is 0.630 bits per heavy atom. The van der Waals surface area contributed by atoms with Crippen LogP contribution in [-0.2, 0) is 45.9 Å². The predicted octanol–water partition coefficient (Wildman–Crippen LogP) is -1.03. The van der Waals surface area contributed by atoms with Crippen molar-refractivity contribution in [3.8, 4) is 0 Å². The molecule has 46 heavy (non-hydrogen) atoms. The van der Waals surface area contributed by atoms with Crippen molar-refractivity contribution in [2.24, 2.45) is 0 Å². The Kier molecular flexibility index (Phi) is 49.3. The first-order chi connectivity index (χ1) is 20.8. The normalized spacial score (nSPS) is 9.09. The zero-order chi connectivity index (χ0) is 36.4. The number of Topliss-reactive ketones (excluding diaryl/α,β-unsaturated/α-hetero) is 4. The Bertz CT molecular complexity index is 731. The minimum atomic E-state index is -1.28.